The zero-order valence-electron chi connectivity index (χ0n) is 26.4. The average Bonchev–Trinajstić information content (AvgIpc) is 3.42. The molecule has 0 fully saturated rings. The SMILES string of the molecule is CC(C)C[C@H](NC(Nc1ccccc1CN)S(=O)(=O)O)C(=O)Nc1c(C2CCc3c(ccc4c3ccc3ccccc34)C2)coc1O. The number of amides is 1. The number of aromatic hydroxyl groups is 1. The Kier molecular flexibility index (Phi) is 9.25. The fourth-order valence-electron chi connectivity index (χ4n) is 6.72. The van der Waals surface area contributed by atoms with Crippen molar-refractivity contribution in [2.75, 3.05) is 10.6 Å². The Morgan fingerprint density at radius 2 is 1.74 bits per heavy atom. The van der Waals surface area contributed by atoms with Crippen LogP contribution in [-0.4, -0.2) is 35.5 Å². The molecular weight excluding hydrogens is 616 g/mol. The number of fused-ring (bicyclic) bond motifs is 5. The number of nitrogens with one attached hydrogen (secondary N) is 3. The van der Waals surface area contributed by atoms with Gasteiger partial charge >= 0.3 is 5.95 Å². The first-order valence-corrected chi connectivity index (χ1v) is 17.3. The van der Waals surface area contributed by atoms with Gasteiger partial charge in [0.15, 0.2) is 0 Å². The van der Waals surface area contributed by atoms with E-state index < -0.39 is 33.5 Å². The minimum Gasteiger partial charge on any atom is -0.479 e. The topological polar surface area (TPSA) is 167 Å². The summed E-state index contributed by atoms with van der Waals surface area (Å²) in [6.45, 7) is 3.93. The lowest BCUT2D eigenvalue weighted by molar-refractivity contribution is -0.118. The van der Waals surface area contributed by atoms with Crippen LogP contribution in [0.15, 0.2) is 83.5 Å². The standard InChI is InChI=1S/C36H40N4O6S/c1-21(2)17-32(39-36(47(43,44)45)38-31-10-6-4-8-25(31)19-37)34(41)40-33-30(20-46-35(33)42)24-12-14-27-23(18-24)13-16-28-26-9-5-3-7-22(26)11-15-29(27)28/h3-11,13,15-16,20-21,24,32,36,38-39,42H,12,14,17-19,37H2,1-2H3,(H,40,41)(H,43,44,45)/t24?,32-,36?/m0/s1. The number of benzene rings is 4. The Morgan fingerprint density at radius 3 is 2.51 bits per heavy atom. The highest BCUT2D eigenvalue weighted by Crippen LogP contribution is 2.43. The van der Waals surface area contributed by atoms with E-state index in [9.17, 15) is 22.9 Å². The second kappa shape index (κ2) is 13.4. The summed E-state index contributed by atoms with van der Waals surface area (Å²) in [7, 11) is -4.72. The molecule has 2 unspecified atom stereocenters. The Morgan fingerprint density at radius 1 is 1.00 bits per heavy atom. The number of aryl methyl sites for hydroxylation is 1. The number of hydrogen-bond acceptors (Lipinski definition) is 8. The van der Waals surface area contributed by atoms with E-state index in [1.165, 1.54) is 38.9 Å². The summed E-state index contributed by atoms with van der Waals surface area (Å²) in [5.74, 6) is -1.05. The van der Waals surface area contributed by atoms with Gasteiger partial charge < -0.3 is 25.9 Å². The smallest absolute Gasteiger partial charge is 0.306 e. The van der Waals surface area contributed by atoms with Gasteiger partial charge in [0.25, 0.3) is 10.1 Å². The number of carbonyl (C=O) groups excluding carboxylic acids is 1. The molecule has 4 aromatic carbocycles. The average molecular weight is 657 g/mol. The van der Waals surface area contributed by atoms with Crippen LogP contribution in [0.4, 0.5) is 11.4 Å². The van der Waals surface area contributed by atoms with E-state index in [1.807, 2.05) is 19.9 Å². The Hall–Kier alpha value is -4.42. The fraction of sp³-hybridized carbons (Fsp3) is 0.306. The van der Waals surface area contributed by atoms with Crippen LogP contribution in [-0.2, 0) is 34.3 Å². The molecule has 0 saturated carbocycles. The summed E-state index contributed by atoms with van der Waals surface area (Å²) >= 11 is 0. The molecular formula is C36H40N4O6S. The molecule has 0 aliphatic heterocycles. The quantitative estimate of drug-likeness (QED) is 0.0547. The summed E-state index contributed by atoms with van der Waals surface area (Å²) in [4.78, 5) is 13.8. The van der Waals surface area contributed by atoms with Crippen molar-refractivity contribution in [2.24, 2.45) is 11.7 Å². The number of para-hydroxylation sites is 1. The van der Waals surface area contributed by atoms with Crippen molar-refractivity contribution in [3.05, 3.63) is 101 Å². The van der Waals surface area contributed by atoms with Gasteiger partial charge in [-0.2, -0.15) is 8.42 Å². The molecule has 5 aromatic rings. The second-order valence-corrected chi connectivity index (χ2v) is 14.1. The van der Waals surface area contributed by atoms with Gasteiger partial charge in [-0.3, -0.25) is 14.7 Å². The van der Waals surface area contributed by atoms with Gasteiger partial charge in [-0.1, -0.05) is 80.6 Å². The van der Waals surface area contributed by atoms with E-state index in [-0.39, 0.29) is 30.5 Å². The van der Waals surface area contributed by atoms with Crippen molar-refractivity contribution >= 4 is 48.9 Å². The van der Waals surface area contributed by atoms with E-state index in [0.717, 1.165) is 12.8 Å². The third-order valence-corrected chi connectivity index (χ3v) is 9.88. The van der Waals surface area contributed by atoms with Gasteiger partial charge in [-0.15, -0.1) is 0 Å². The molecule has 1 aliphatic rings. The number of carbonyl (C=O) groups is 1. The minimum absolute atomic E-state index is 0.0177. The van der Waals surface area contributed by atoms with Gasteiger partial charge in [0.2, 0.25) is 11.4 Å². The van der Waals surface area contributed by atoms with E-state index in [4.69, 9.17) is 10.2 Å². The number of hydrogen-bond donors (Lipinski definition) is 6. The van der Waals surface area contributed by atoms with Crippen LogP contribution in [0.5, 0.6) is 5.95 Å². The fourth-order valence-corrected chi connectivity index (χ4v) is 7.33. The first-order chi connectivity index (χ1) is 22.5. The van der Waals surface area contributed by atoms with Crippen LogP contribution in [0.3, 0.4) is 0 Å². The van der Waals surface area contributed by atoms with Crippen molar-refractivity contribution in [1.29, 1.82) is 0 Å². The lowest BCUT2D eigenvalue weighted by atomic mass is 9.78. The second-order valence-electron chi connectivity index (χ2n) is 12.6. The normalized spacial score (nSPS) is 16.2. The molecule has 10 nitrogen and oxygen atoms in total. The minimum atomic E-state index is -4.72. The third-order valence-electron chi connectivity index (χ3n) is 9.03. The number of furan rings is 1. The molecule has 1 amide bonds. The molecule has 6 rings (SSSR count). The largest absolute Gasteiger partial charge is 0.479 e. The van der Waals surface area contributed by atoms with Gasteiger partial charge in [0, 0.05) is 17.8 Å². The van der Waals surface area contributed by atoms with Gasteiger partial charge in [0.05, 0.1) is 6.04 Å². The molecule has 1 aliphatic carbocycles. The van der Waals surface area contributed by atoms with Crippen LogP contribution in [0.1, 0.15) is 54.9 Å². The maximum atomic E-state index is 13.8. The Balaban J connectivity index is 1.24. The number of anilines is 2. The van der Waals surface area contributed by atoms with Crippen molar-refractivity contribution < 1.29 is 27.3 Å². The molecule has 3 atom stereocenters. The van der Waals surface area contributed by atoms with Crippen molar-refractivity contribution in [2.45, 2.75) is 63.5 Å². The number of rotatable bonds is 11. The zero-order valence-corrected chi connectivity index (χ0v) is 27.2. The molecule has 7 N–H and O–H groups in total. The predicted octanol–water partition coefficient (Wildman–Crippen LogP) is 6.25. The molecule has 47 heavy (non-hydrogen) atoms. The highest BCUT2D eigenvalue weighted by Gasteiger charge is 2.33. The maximum absolute atomic E-state index is 13.8. The van der Waals surface area contributed by atoms with Crippen LogP contribution >= 0.6 is 0 Å². The number of nitrogens with two attached hydrogens (primary N) is 1. The summed E-state index contributed by atoms with van der Waals surface area (Å²) in [6, 6.07) is 22.8. The monoisotopic (exact) mass is 656 g/mol. The first-order valence-electron chi connectivity index (χ1n) is 15.8. The molecule has 246 valence electrons. The summed E-state index contributed by atoms with van der Waals surface area (Å²) in [5.41, 5.74) is 8.51. The van der Waals surface area contributed by atoms with E-state index >= 15 is 0 Å². The van der Waals surface area contributed by atoms with Crippen molar-refractivity contribution in [3.8, 4) is 5.95 Å². The highest BCUT2D eigenvalue weighted by molar-refractivity contribution is 7.86. The van der Waals surface area contributed by atoms with Crippen molar-refractivity contribution in [1.82, 2.24) is 5.32 Å². The van der Waals surface area contributed by atoms with Gasteiger partial charge in [-0.05, 0) is 81.8 Å². The van der Waals surface area contributed by atoms with Crippen LogP contribution in [0.2, 0.25) is 0 Å². The van der Waals surface area contributed by atoms with Crippen LogP contribution in [0.25, 0.3) is 21.5 Å². The maximum Gasteiger partial charge on any atom is 0.306 e. The summed E-state index contributed by atoms with van der Waals surface area (Å²) < 4.78 is 40.5. The molecule has 1 aromatic heterocycles. The van der Waals surface area contributed by atoms with E-state index in [2.05, 4.69) is 58.4 Å². The summed E-state index contributed by atoms with van der Waals surface area (Å²) in [6.07, 6.45) is 4.02. The Bertz CT molecular complexity index is 2040. The molecule has 0 bridgehead atoms. The van der Waals surface area contributed by atoms with Gasteiger partial charge in [0.1, 0.15) is 12.0 Å². The highest BCUT2D eigenvalue weighted by atomic mass is 32.2. The van der Waals surface area contributed by atoms with E-state index in [0.29, 0.717) is 23.2 Å². The van der Waals surface area contributed by atoms with Gasteiger partial charge in [-0.25, -0.2) is 0 Å². The zero-order chi connectivity index (χ0) is 33.3. The molecule has 1 heterocycles. The van der Waals surface area contributed by atoms with Crippen LogP contribution < -0.4 is 21.7 Å². The molecule has 0 spiro atoms. The summed E-state index contributed by atoms with van der Waals surface area (Å²) in [5, 5.41) is 24.0. The van der Waals surface area contributed by atoms with E-state index in [1.54, 1.807) is 24.3 Å². The third kappa shape index (κ3) is 6.84. The molecule has 11 heteroatoms. The lowest BCUT2D eigenvalue weighted by Crippen LogP contribution is -2.52. The van der Waals surface area contributed by atoms with Crippen molar-refractivity contribution in [3.63, 3.8) is 0 Å². The molecule has 0 saturated heterocycles. The molecule has 0 radical (unpaired) electrons. The first kappa shape index (κ1) is 32.5. The van der Waals surface area contributed by atoms with Crippen LogP contribution in [0, 0.1) is 5.92 Å². The predicted molar refractivity (Wildman–Crippen MR) is 185 cm³/mol. The Labute approximate surface area is 274 Å². The lowest BCUT2D eigenvalue weighted by Gasteiger charge is -2.28.